The molecule has 20 heavy (non-hydrogen) atoms. The Morgan fingerprint density at radius 1 is 1.10 bits per heavy atom. The lowest BCUT2D eigenvalue weighted by molar-refractivity contribution is 0.609. The maximum atomic E-state index is 12.9. The van der Waals surface area contributed by atoms with Crippen molar-refractivity contribution in [3.8, 4) is 0 Å². The number of rotatable bonds is 4. The summed E-state index contributed by atoms with van der Waals surface area (Å²) in [6.45, 7) is 0. The van der Waals surface area contributed by atoms with Crippen LogP contribution in [-0.4, -0.2) is 8.42 Å². The van der Waals surface area contributed by atoms with Crippen molar-refractivity contribution in [3.05, 3.63) is 70.3 Å². The molecule has 0 spiro atoms. The Kier molecular flexibility index (Phi) is 4.42. The minimum Gasteiger partial charge on any atom is -0.279 e. The lowest BCUT2D eigenvalue weighted by atomic mass is 10.2. The Labute approximate surface area is 121 Å². The van der Waals surface area contributed by atoms with Crippen molar-refractivity contribution in [3.63, 3.8) is 0 Å². The van der Waals surface area contributed by atoms with Gasteiger partial charge in [0.1, 0.15) is 5.82 Å². The molecule has 0 aliphatic heterocycles. The zero-order valence-electron chi connectivity index (χ0n) is 10.3. The maximum absolute atomic E-state index is 12.9. The molecule has 0 heterocycles. The van der Waals surface area contributed by atoms with Gasteiger partial charge < -0.3 is 0 Å². The van der Waals surface area contributed by atoms with E-state index in [4.69, 9.17) is 11.6 Å². The average Bonchev–Trinajstić information content (AvgIpc) is 2.41. The van der Waals surface area contributed by atoms with Crippen LogP contribution in [-0.2, 0) is 10.0 Å². The summed E-state index contributed by atoms with van der Waals surface area (Å²) in [5.74, 6) is -0.530. The van der Waals surface area contributed by atoms with Crippen LogP contribution in [0.3, 0.4) is 0 Å². The van der Waals surface area contributed by atoms with Crippen LogP contribution in [0.25, 0.3) is 6.08 Å². The van der Waals surface area contributed by atoms with Crippen LogP contribution in [0.5, 0.6) is 0 Å². The highest BCUT2D eigenvalue weighted by molar-refractivity contribution is 7.95. The van der Waals surface area contributed by atoms with Gasteiger partial charge in [0.15, 0.2) is 0 Å². The number of halogens is 2. The van der Waals surface area contributed by atoms with Gasteiger partial charge >= 0.3 is 0 Å². The first-order chi connectivity index (χ1) is 9.46. The van der Waals surface area contributed by atoms with Crippen molar-refractivity contribution in [1.82, 2.24) is 0 Å². The van der Waals surface area contributed by atoms with E-state index in [-0.39, 0.29) is 10.7 Å². The molecule has 0 aliphatic rings. The number of hydrogen-bond donors (Lipinski definition) is 1. The molecule has 2 rings (SSSR count). The van der Waals surface area contributed by atoms with Crippen molar-refractivity contribution in [2.75, 3.05) is 4.72 Å². The lowest BCUT2D eigenvalue weighted by Gasteiger charge is -2.06. The Bertz CT molecular complexity index is 730. The minimum atomic E-state index is -3.71. The molecular formula is C14H11ClFNO2S. The van der Waals surface area contributed by atoms with Crippen molar-refractivity contribution in [1.29, 1.82) is 0 Å². The summed E-state index contributed by atoms with van der Waals surface area (Å²) in [7, 11) is -3.71. The predicted octanol–water partition coefficient (Wildman–Crippen LogP) is 3.89. The van der Waals surface area contributed by atoms with Crippen LogP contribution in [0, 0.1) is 5.82 Å². The summed E-state index contributed by atoms with van der Waals surface area (Å²) >= 11 is 5.76. The summed E-state index contributed by atoms with van der Waals surface area (Å²) in [6.07, 6.45) is 1.46. The van der Waals surface area contributed by atoms with Gasteiger partial charge in [-0.3, -0.25) is 4.72 Å². The second-order valence-electron chi connectivity index (χ2n) is 3.98. The molecule has 0 bridgehead atoms. The van der Waals surface area contributed by atoms with Crippen LogP contribution >= 0.6 is 11.6 Å². The van der Waals surface area contributed by atoms with Gasteiger partial charge in [-0.15, -0.1) is 0 Å². The van der Waals surface area contributed by atoms with Gasteiger partial charge in [-0.25, -0.2) is 12.8 Å². The monoisotopic (exact) mass is 311 g/mol. The molecule has 0 aromatic heterocycles. The van der Waals surface area contributed by atoms with Crippen LogP contribution in [0.4, 0.5) is 10.1 Å². The third-order valence-electron chi connectivity index (χ3n) is 2.42. The van der Waals surface area contributed by atoms with E-state index in [1.165, 1.54) is 12.1 Å². The zero-order valence-corrected chi connectivity index (χ0v) is 11.8. The van der Waals surface area contributed by atoms with Gasteiger partial charge in [-0.05, 0) is 29.8 Å². The quantitative estimate of drug-likeness (QED) is 0.931. The smallest absolute Gasteiger partial charge is 0.255 e. The second-order valence-corrected chi connectivity index (χ2v) is 5.96. The fraction of sp³-hybridized carbons (Fsp3) is 0. The van der Waals surface area contributed by atoms with Gasteiger partial charge in [0.05, 0.1) is 16.1 Å². The van der Waals surface area contributed by atoms with Crippen molar-refractivity contribution in [2.45, 2.75) is 0 Å². The summed E-state index contributed by atoms with van der Waals surface area (Å²) in [5, 5.41) is 1.03. The Morgan fingerprint density at radius 3 is 2.45 bits per heavy atom. The van der Waals surface area contributed by atoms with E-state index >= 15 is 0 Å². The first kappa shape index (κ1) is 14.6. The molecular weight excluding hydrogens is 301 g/mol. The molecule has 3 nitrogen and oxygen atoms in total. The van der Waals surface area contributed by atoms with E-state index in [2.05, 4.69) is 4.72 Å². The molecule has 0 aliphatic carbocycles. The number of sulfonamides is 1. The highest BCUT2D eigenvalue weighted by atomic mass is 35.5. The largest absolute Gasteiger partial charge is 0.279 e. The fourth-order valence-electron chi connectivity index (χ4n) is 1.49. The molecule has 0 fully saturated rings. The topological polar surface area (TPSA) is 46.2 Å². The highest BCUT2D eigenvalue weighted by Crippen LogP contribution is 2.23. The van der Waals surface area contributed by atoms with E-state index in [1.54, 1.807) is 24.3 Å². The molecule has 0 saturated carbocycles. The predicted molar refractivity (Wildman–Crippen MR) is 79.4 cm³/mol. The van der Waals surface area contributed by atoms with Crippen LogP contribution in [0.2, 0.25) is 5.02 Å². The molecule has 6 heteroatoms. The highest BCUT2D eigenvalue weighted by Gasteiger charge is 2.09. The molecule has 2 aromatic carbocycles. The van der Waals surface area contributed by atoms with Crippen molar-refractivity contribution >= 4 is 33.4 Å². The summed E-state index contributed by atoms with van der Waals surface area (Å²) in [4.78, 5) is 0. The van der Waals surface area contributed by atoms with Crippen LogP contribution in [0.15, 0.2) is 53.9 Å². The molecule has 0 radical (unpaired) electrons. The maximum Gasteiger partial charge on any atom is 0.255 e. The third kappa shape index (κ3) is 4.08. The first-order valence-electron chi connectivity index (χ1n) is 5.67. The fourth-order valence-corrected chi connectivity index (χ4v) is 2.65. The Morgan fingerprint density at radius 2 is 1.80 bits per heavy atom. The zero-order chi connectivity index (χ0) is 14.6. The number of benzene rings is 2. The number of anilines is 1. The first-order valence-corrected chi connectivity index (χ1v) is 7.60. The SMILES string of the molecule is O=S(=O)(/C=C/c1ccccc1)Nc1ccc(F)cc1Cl. The van der Waals surface area contributed by atoms with E-state index in [1.807, 2.05) is 6.07 Å². The summed E-state index contributed by atoms with van der Waals surface area (Å²) in [6, 6.07) is 12.4. The third-order valence-corrected chi connectivity index (χ3v) is 3.73. The standard InChI is InChI=1S/C14H11ClFNO2S/c15-13-10-12(16)6-7-14(13)17-20(18,19)9-8-11-4-2-1-3-5-11/h1-10,17H/b9-8+. The van der Waals surface area contributed by atoms with E-state index < -0.39 is 15.8 Å². The van der Waals surface area contributed by atoms with Crippen LogP contribution in [0.1, 0.15) is 5.56 Å². The molecule has 1 N–H and O–H groups in total. The molecule has 0 unspecified atom stereocenters. The van der Waals surface area contributed by atoms with Gasteiger partial charge in [-0.1, -0.05) is 41.9 Å². The Hall–Kier alpha value is -1.85. The minimum absolute atomic E-state index is 0.00156. The molecule has 104 valence electrons. The number of nitrogens with one attached hydrogen (secondary N) is 1. The normalized spacial score (nSPS) is 11.7. The summed E-state index contributed by atoms with van der Waals surface area (Å²) < 4.78 is 38.9. The van der Waals surface area contributed by atoms with E-state index in [0.717, 1.165) is 23.1 Å². The van der Waals surface area contributed by atoms with Crippen molar-refractivity contribution < 1.29 is 12.8 Å². The lowest BCUT2D eigenvalue weighted by Crippen LogP contribution is -2.09. The van der Waals surface area contributed by atoms with Crippen molar-refractivity contribution in [2.24, 2.45) is 0 Å². The molecule has 2 aromatic rings. The van der Waals surface area contributed by atoms with Gasteiger partial charge in [-0.2, -0.15) is 0 Å². The summed E-state index contributed by atoms with van der Waals surface area (Å²) in [5.41, 5.74) is 0.883. The van der Waals surface area contributed by atoms with Gasteiger partial charge in [0.25, 0.3) is 10.0 Å². The van der Waals surface area contributed by atoms with Gasteiger partial charge in [0.2, 0.25) is 0 Å². The van der Waals surface area contributed by atoms with Crippen LogP contribution < -0.4 is 4.72 Å². The van der Waals surface area contributed by atoms with E-state index in [9.17, 15) is 12.8 Å². The Balaban J connectivity index is 2.17. The molecule has 0 atom stereocenters. The molecule has 0 saturated heterocycles. The van der Waals surface area contributed by atoms with Gasteiger partial charge in [0, 0.05) is 0 Å². The van der Waals surface area contributed by atoms with E-state index in [0.29, 0.717) is 0 Å². The second kappa shape index (κ2) is 6.07. The molecule has 0 amide bonds. The average molecular weight is 312 g/mol. The number of hydrogen-bond acceptors (Lipinski definition) is 2.